The van der Waals surface area contributed by atoms with E-state index in [1.807, 2.05) is 6.92 Å². The maximum Gasteiger partial charge on any atom is 0.407 e. The Bertz CT molecular complexity index is 956. The van der Waals surface area contributed by atoms with Crippen molar-refractivity contribution in [2.45, 2.75) is 68.7 Å². The molecule has 2 fully saturated rings. The molecule has 33 heavy (non-hydrogen) atoms. The van der Waals surface area contributed by atoms with Crippen LogP contribution < -0.4 is 26.2 Å². The van der Waals surface area contributed by atoms with E-state index < -0.39 is 9.84 Å². The SMILES string of the molecule is CCCNC(=O)O[C@@H]1CC[C@H](C2CC(NC(=O)Cc3cc(OC)ncc3S(C)(=O)=O)NN2)C1. The average molecular weight is 484 g/mol. The van der Waals surface area contributed by atoms with E-state index in [4.69, 9.17) is 9.47 Å². The highest BCUT2D eigenvalue weighted by Gasteiger charge is 2.37. The van der Waals surface area contributed by atoms with Crippen LogP contribution in [0.1, 0.15) is 44.6 Å². The predicted octanol–water partition coefficient (Wildman–Crippen LogP) is 0.650. The number of nitrogens with one attached hydrogen (secondary N) is 4. The van der Waals surface area contributed by atoms with Crippen molar-refractivity contribution in [3.8, 4) is 5.88 Å². The highest BCUT2D eigenvalue weighted by molar-refractivity contribution is 7.90. The molecule has 1 saturated heterocycles. The Morgan fingerprint density at radius 2 is 2.03 bits per heavy atom. The quantitative estimate of drug-likeness (QED) is 0.397. The van der Waals surface area contributed by atoms with Crippen molar-refractivity contribution in [1.29, 1.82) is 0 Å². The molecule has 3 rings (SSSR count). The number of carbonyl (C=O) groups excluding carboxylic acids is 2. The Kier molecular flexibility index (Phi) is 8.49. The monoisotopic (exact) mass is 483 g/mol. The molecule has 0 aromatic carbocycles. The number of ether oxygens (including phenoxy) is 2. The van der Waals surface area contributed by atoms with Gasteiger partial charge in [0.25, 0.3) is 0 Å². The maximum atomic E-state index is 12.6. The lowest BCUT2D eigenvalue weighted by Gasteiger charge is -2.18. The van der Waals surface area contributed by atoms with Gasteiger partial charge in [0.2, 0.25) is 11.8 Å². The van der Waals surface area contributed by atoms with Crippen molar-refractivity contribution < 1.29 is 27.5 Å². The zero-order valence-electron chi connectivity index (χ0n) is 19.2. The van der Waals surface area contributed by atoms with Gasteiger partial charge in [0.1, 0.15) is 6.10 Å². The highest BCUT2D eigenvalue weighted by atomic mass is 32.2. The minimum atomic E-state index is -3.54. The van der Waals surface area contributed by atoms with Crippen LogP contribution in [-0.4, -0.2) is 63.6 Å². The molecule has 184 valence electrons. The van der Waals surface area contributed by atoms with Gasteiger partial charge in [-0.05, 0) is 43.6 Å². The molecule has 0 radical (unpaired) electrons. The minimum absolute atomic E-state index is 0.00815. The van der Waals surface area contributed by atoms with Crippen LogP contribution in [0.3, 0.4) is 0 Å². The van der Waals surface area contributed by atoms with Gasteiger partial charge in [-0.1, -0.05) is 6.92 Å². The van der Waals surface area contributed by atoms with Crippen molar-refractivity contribution >= 4 is 21.8 Å². The first-order valence-corrected chi connectivity index (χ1v) is 13.1. The van der Waals surface area contributed by atoms with Crippen LogP contribution in [0.15, 0.2) is 17.2 Å². The zero-order valence-corrected chi connectivity index (χ0v) is 20.0. The second-order valence-electron chi connectivity index (χ2n) is 8.56. The smallest absolute Gasteiger partial charge is 0.407 e. The van der Waals surface area contributed by atoms with E-state index in [1.54, 1.807) is 0 Å². The molecule has 1 saturated carbocycles. The molecule has 2 amide bonds. The van der Waals surface area contributed by atoms with Crippen molar-refractivity contribution in [1.82, 2.24) is 26.5 Å². The van der Waals surface area contributed by atoms with E-state index in [-0.39, 0.29) is 47.5 Å². The Morgan fingerprint density at radius 1 is 1.24 bits per heavy atom. The van der Waals surface area contributed by atoms with Gasteiger partial charge in [0.05, 0.1) is 24.6 Å². The first kappa shape index (κ1) is 25.2. The molecule has 2 heterocycles. The van der Waals surface area contributed by atoms with Crippen molar-refractivity contribution in [2.24, 2.45) is 5.92 Å². The minimum Gasteiger partial charge on any atom is -0.481 e. The number of pyridine rings is 1. The van der Waals surface area contributed by atoms with Crippen LogP contribution >= 0.6 is 0 Å². The summed E-state index contributed by atoms with van der Waals surface area (Å²) in [5.74, 6) is 0.255. The number of hydrazine groups is 1. The van der Waals surface area contributed by atoms with Gasteiger partial charge < -0.3 is 20.1 Å². The van der Waals surface area contributed by atoms with Crippen LogP contribution in [0.5, 0.6) is 5.88 Å². The number of carbonyl (C=O) groups is 2. The van der Waals surface area contributed by atoms with Crippen molar-refractivity contribution in [3.63, 3.8) is 0 Å². The molecule has 0 spiro atoms. The van der Waals surface area contributed by atoms with Gasteiger partial charge in [-0.3, -0.25) is 10.2 Å². The summed E-state index contributed by atoms with van der Waals surface area (Å²) >= 11 is 0. The molecular weight excluding hydrogens is 450 g/mol. The number of alkyl carbamates (subject to hydrolysis) is 1. The Morgan fingerprint density at radius 3 is 2.73 bits per heavy atom. The number of methoxy groups -OCH3 is 1. The number of sulfone groups is 1. The van der Waals surface area contributed by atoms with Gasteiger partial charge >= 0.3 is 6.09 Å². The molecule has 4 atom stereocenters. The lowest BCUT2D eigenvalue weighted by molar-refractivity contribution is -0.121. The normalized spacial score (nSPS) is 24.9. The van der Waals surface area contributed by atoms with E-state index in [2.05, 4.69) is 26.5 Å². The Balaban J connectivity index is 1.50. The first-order valence-electron chi connectivity index (χ1n) is 11.2. The van der Waals surface area contributed by atoms with Crippen LogP contribution in [0.4, 0.5) is 4.79 Å². The van der Waals surface area contributed by atoms with E-state index in [9.17, 15) is 18.0 Å². The lowest BCUT2D eigenvalue weighted by atomic mass is 9.96. The molecule has 1 aliphatic heterocycles. The van der Waals surface area contributed by atoms with Crippen LogP contribution in [0, 0.1) is 5.92 Å². The van der Waals surface area contributed by atoms with E-state index in [0.29, 0.717) is 24.4 Å². The Labute approximate surface area is 194 Å². The Hall–Kier alpha value is -2.44. The number of hydrogen-bond donors (Lipinski definition) is 4. The predicted molar refractivity (Wildman–Crippen MR) is 120 cm³/mol. The molecule has 11 nitrogen and oxygen atoms in total. The first-order chi connectivity index (χ1) is 15.7. The van der Waals surface area contributed by atoms with Crippen LogP contribution in [-0.2, 0) is 25.8 Å². The molecule has 1 aromatic heterocycles. The van der Waals surface area contributed by atoms with Gasteiger partial charge in [-0.25, -0.2) is 23.6 Å². The summed E-state index contributed by atoms with van der Waals surface area (Å²) in [4.78, 5) is 28.4. The van der Waals surface area contributed by atoms with E-state index in [0.717, 1.165) is 31.9 Å². The van der Waals surface area contributed by atoms with Gasteiger partial charge in [0.15, 0.2) is 9.84 Å². The van der Waals surface area contributed by atoms with Crippen LogP contribution in [0.2, 0.25) is 0 Å². The topological polar surface area (TPSA) is 148 Å². The molecule has 0 bridgehead atoms. The summed E-state index contributed by atoms with van der Waals surface area (Å²) in [6.07, 6.45) is 5.47. The molecule has 2 unspecified atom stereocenters. The molecule has 2 aliphatic rings. The fourth-order valence-corrected chi connectivity index (χ4v) is 5.17. The molecule has 12 heteroatoms. The second-order valence-corrected chi connectivity index (χ2v) is 10.5. The summed E-state index contributed by atoms with van der Waals surface area (Å²) in [7, 11) is -2.11. The van der Waals surface area contributed by atoms with Crippen LogP contribution in [0.25, 0.3) is 0 Å². The van der Waals surface area contributed by atoms with Gasteiger partial charge in [-0.2, -0.15) is 0 Å². The highest BCUT2D eigenvalue weighted by Crippen LogP contribution is 2.33. The molecular formula is C21H33N5O6S. The third-order valence-corrected chi connectivity index (χ3v) is 7.10. The fraction of sp³-hybridized carbons (Fsp3) is 0.667. The number of amides is 2. The average Bonchev–Trinajstić information content (AvgIpc) is 3.40. The second kappa shape index (κ2) is 11.1. The van der Waals surface area contributed by atoms with Gasteiger partial charge in [0, 0.05) is 31.1 Å². The molecule has 1 aliphatic carbocycles. The third kappa shape index (κ3) is 7.02. The third-order valence-electron chi connectivity index (χ3n) is 5.94. The standard InChI is InChI=1S/C21H33N5O6S/c1-4-7-22-21(28)32-15-6-5-13(8-15)16-11-18(26-25-16)24-19(27)9-14-10-20(31-2)23-12-17(14)33(3,29)30/h10,12-13,15-16,18,25-26H,4-9,11H2,1-3H3,(H,22,28)(H,24,27)/t13-,15+,16?,18?/m0/s1. The summed E-state index contributed by atoms with van der Waals surface area (Å²) < 4.78 is 34.6. The number of aromatic nitrogens is 1. The number of hydrogen-bond acceptors (Lipinski definition) is 9. The van der Waals surface area contributed by atoms with Gasteiger partial charge in [-0.15, -0.1) is 0 Å². The van der Waals surface area contributed by atoms with E-state index >= 15 is 0 Å². The zero-order chi connectivity index (χ0) is 24.0. The summed E-state index contributed by atoms with van der Waals surface area (Å²) in [6, 6.07) is 1.60. The largest absolute Gasteiger partial charge is 0.481 e. The van der Waals surface area contributed by atoms with E-state index in [1.165, 1.54) is 19.4 Å². The summed E-state index contributed by atoms with van der Waals surface area (Å²) in [5, 5.41) is 5.63. The van der Waals surface area contributed by atoms with Crippen molar-refractivity contribution in [2.75, 3.05) is 19.9 Å². The maximum absolute atomic E-state index is 12.6. The number of rotatable bonds is 9. The molecule has 1 aromatic rings. The summed E-state index contributed by atoms with van der Waals surface area (Å²) in [5.41, 5.74) is 6.66. The van der Waals surface area contributed by atoms with Crippen molar-refractivity contribution in [3.05, 3.63) is 17.8 Å². The summed E-state index contributed by atoms with van der Waals surface area (Å²) in [6.45, 7) is 2.58. The number of nitrogens with zero attached hydrogens (tertiary/aromatic N) is 1. The fourth-order valence-electron chi connectivity index (χ4n) is 4.32. The molecule has 4 N–H and O–H groups in total. The lowest BCUT2D eigenvalue weighted by Crippen LogP contribution is -2.45.